The summed E-state index contributed by atoms with van der Waals surface area (Å²) in [5.41, 5.74) is 1.06. The highest BCUT2D eigenvalue weighted by Gasteiger charge is 2.09. The Kier molecular flexibility index (Phi) is 4.39. The molecule has 1 aromatic heterocycles. The van der Waals surface area contributed by atoms with Gasteiger partial charge in [-0.25, -0.2) is 0 Å². The molecule has 2 aromatic rings. The molecule has 0 aliphatic carbocycles. The van der Waals surface area contributed by atoms with Crippen LogP contribution in [0, 0.1) is 0 Å². The zero-order valence-corrected chi connectivity index (χ0v) is 11.5. The molecular formula is C14H18N2O3. The number of benzene rings is 1. The van der Waals surface area contributed by atoms with Gasteiger partial charge in [-0.3, -0.25) is 0 Å². The van der Waals surface area contributed by atoms with Crippen LogP contribution in [0.15, 0.2) is 22.7 Å². The molecule has 102 valence electrons. The van der Waals surface area contributed by atoms with Crippen LogP contribution in [0.4, 0.5) is 0 Å². The van der Waals surface area contributed by atoms with Gasteiger partial charge in [0.15, 0.2) is 17.3 Å². The van der Waals surface area contributed by atoms with Crippen molar-refractivity contribution in [2.24, 2.45) is 0 Å². The van der Waals surface area contributed by atoms with E-state index in [0.29, 0.717) is 29.6 Å². The summed E-state index contributed by atoms with van der Waals surface area (Å²) in [6.07, 6.45) is 2.44. The second kappa shape index (κ2) is 6.22. The maximum absolute atomic E-state index is 5.27. The zero-order valence-electron chi connectivity index (χ0n) is 11.5. The van der Waals surface area contributed by atoms with Gasteiger partial charge in [0.25, 0.3) is 0 Å². The molecule has 1 heterocycles. The van der Waals surface area contributed by atoms with E-state index < -0.39 is 0 Å². The van der Waals surface area contributed by atoms with Gasteiger partial charge >= 0.3 is 0 Å². The fourth-order valence-corrected chi connectivity index (χ4v) is 1.85. The largest absolute Gasteiger partial charge is 0.493 e. The predicted octanol–water partition coefficient (Wildman–Crippen LogP) is 2.63. The summed E-state index contributed by atoms with van der Waals surface area (Å²) in [7, 11) is 3.24. The molecule has 5 nitrogen and oxygen atoms in total. The Balaban J connectivity index is 2.13. The number of aromatic nitrogens is 2. The standard InChI is InChI=1S/C14H18N2O3/c1-4-5-14-15-13(16-19-14)9-10-6-7-11(17-2)12(8-10)18-3/h6-8H,4-5,9H2,1-3H3. The Morgan fingerprint density at radius 1 is 1.16 bits per heavy atom. The number of hydrogen-bond acceptors (Lipinski definition) is 5. The first-order valence-corrected chi connectivity index (χ1v) is 6.29. The Bertz CT molecular complexity index is 537. The molecule has 0 saturated carbocycles. The third kappa shape index (κ3) is 3.24. The molecule has 1 aromatic carbocycles. The molecule has 0 saturated heterocycles. The SMILES string of the molecule is CCCc1nc(Cc2ccc(OC)c(OC)c2)no1. The van der Waals surface area contributed by atoms with Gasteiger partial charge in [-0.1, -0.05) is 18.1 Å². The molecule has 0 bridgehead atoms. The van der Waals surface area contributed by atoms with Gasteiger partial charge in [0.2, 0.25) is 5.89 Å². The Morgan fingerprint density at radius 3 is 2.63 bits per heavy atom. The number of rotatable bonds is 6. The van der Waals surface area contributed by atoms with Crippen molar-refractivity contribution in [2.75, 3.05) is 14.2 Å². The van der Waals surface area contributed by atoms with Gasteiger partial charge in [0, 0.05) is 12.8 Å². The van der Waals surface area contributed by atoms with Crippen LogP contribution in [-0.4, -0.2) is 24.4 Å². The van der Waals surface area contributed by atoms with E-state index in [1.165, 1.54) is 0 Å². The van der Waals surface area contributed by atoms with Crippen LogP contribution in [0.3, 0.4) is 0 Å². The molecule has 0 unspecified atom stereocenters. The number of ether oxygens (including phenoxy) is 2. The molecule has 0 N–H and O–H groups in total. The summed E-state index contributed by atoms with van der Waals surface area (Å²) in [4.78, 5) is 4.34. The number of methoxy groups -OCH3 is 2. The smallest absolute Gasteiger partial charge is 0.226 e. The maximum atomic E-state index is 5.27. The maximum Gasteiger partial charge on any atom is 0.226 e. The zero-order chi connectivity index (χ0) is 13.7. The summed E-state index contributed by atoms with van der Waals surface area (Å²) in [5, 5.41) is 3.97. The molecule has 19 heavy (non-hydrogen) atoms. The normalized spacial score (nSPS) is 10.5. The fourth-order valence-electron chi connectivity index (χ4n) is 1.85. The van der Waals surface area contributed by atoms with E-state index in [0.717, 1.165) is 18.4 Å². The van der Waals surface area contributed by atoms with Crippen LogP contribution < -0.4 is 9.47 Å². The van der Waals surface area contributed by atoms with E-state index in [1.54, 1.807) is 14.2 Å². The topological polar surface area (TPSA) is 57.4 Å². The molecule has 0 aliphatic heterocycles. The van der Waals surface area contributed by atoms with Gasteiger partial charge in [0.05, 0.1) is 14.2 Å². The predicted molar refractivity (Wildman–Crippen MR) is 70.6 cm³/mol. The van der Waals surface area contributed by atoms with Crippen LogP contribution in [-0.2, 0) is 12.8 Å². The lowest BCUT2D eigenvalue weighted by molar-refractivity contribution is 0.354. The van der Waals surface area contributed by atoms with Crippen LogP contribution in [0.1, 0.15) is 30.6 Å². The molecule has 0 radical (unpaired) electrons. The minimum Gasteiger partial charge on any atom is -0.493 e. The molecule has 0 atom stereocenters. The van der Waals surface area contributed by atoms with Crippen LogP contribution in [0.2, 0.25) is 0 Å². The number of hydrogen-bond donors (Lipinski definition) is 0. The second-order valence-corrected chi connectivity index (χ2v) is 4.22. The minimum absolute atomic E-state index is 0.619. The Labute approximate surface area is 112 Å². The monoisotopic (exact) mass is 262 g/mol. The van der Waals surface area contributed by atoms with Gasteiger partial charge in [-0.2, -0.15) is 4.98 Å². The van der Waals surface area contributed by atoms with Crippen molar-refractivity contribution in [3.05, 3.63) is 35.5 Å². The summed E-state index contributed by atoms with van der Waals surface area (Å²) in [5.74, 6) is 2.80. The van der Waals surface area contributed by atoms with E-state index in [2.05, 4.69) is 17.1 Å². The van der Waals surface area contributed by atoms with Crippen molar-refractivity contribution in [2.45, 2.75) is 26.2 Å². The Morgan fingerprint density at radius 2 is 1.95 bits per heavy atom. The second-order valence-electron chi connectivity index (χ2n) is 4.22. The third-order valence-corrected chi connectivity index (χ3v) is 2.78. The summed E-state index contributed by atoms with van der Waals surface area (Å²) in [6.45, 7) is 2.08. The highest BCUT2D eigenvalue weighted by molar-refractivity contribution is 5.43. The van der Waals surface area contributed by atoms with Crippen molar-refractivity contribution < 1.29 is 14.0 Å². The minimum atomic E-state index is 0.619. The average Bonchev–Trinajstić information content (AvgIpc) is 2.86. The number of aryl methyl sites for hydroxylation is 1. The number of nitrogens with zero attached hydrogens (tertiary/aromatic N) is 2. The molecule has 5 heteroatoms. The fraction of sp³-hybridized carbons (Fsp3) is 0.429. The van der Waals surface area contributed by atoms with Gasteiger partial charge in [-0.05, 0) is 24.1 Å². The summed E-state index contributed by atoms with van der Waals surface area (Å²) >= 11 is 0. The summed E-state index contributed by atoms with van der Waals surface area (Å²) in [6, 6.07) is 5.77. The highest BCUT2D eigenvalue weighted by Crippen LogP contribution is 2.28. The quantitative estimate of drug-likeness (QED) is 0.801. The lowest BCUT2D eigenvalue weighted by atomic mass is 10.1. The van der Waals surface area contributed by atoms with Crippen molar-refractivity contribution in [3.63, 3.8) is 0 Å². The van der Waals surface area contributed by atoms with Gasteiger partial charge in [-0.15, -0.1) is 0 Å². The van der Waals surface area contributed by atoms with E-state index in [-0.39, 0.29) is 0 Å². The van der Waals surface area contributed by atoms with Crippen LogP contribution in [0.25, 0.3) is 0 Å². The van der Waals surface area contributed by atoms with E-state index in [1.807, 2.05) is 18.2 Å². The molecule has 0 fully saturated rings. The first-order chi connectivity index (χ1) is 9.26. The van der Waals surface area contributed by atoms with Crippen molar-refractivity contribution in [1.82, 2.24) is 10.1 Å². The molecule has 2 rings (SSSR count). The lowest BCUT2D eigenvalue weighted by Crippen LogP contribution is -1.95. The third-order valence-electron chi connectivity index (χ3n) is 2.78. The van der Waals surface area contributed by atoms with Crippen molar-refractivity contribution in [3.8, 4) is 11.5 Å². The van der Waals surface area contributed by atoms with Crippen molar-refractivity contribution in [1.29, 1.82) is 0 Å². The molecule has 0 aliphatic rings. The molecule has 0 spiro atoms. The van der Waals surface area contributed by atoms with E-state index >= 15 is 0 Å². The van der Waals surface area contributed by atoms with E-state index in [9.17, 15) is 0 Å². The average molecular weight is 262 g/mol. The summed E-state index contributed by atoms with van der Waals surface area (Å²) < 4.78 is 15.6. The van der Waals surface area contributed by atoms with Crippen LogP contribution >= 0.6 is 0 Å². The van der Waals surface area contributed by atoms with Gasteiger partial charge in [0.1, 0.15) is 0 Å². The Hall–Kier alpha value is -2.04. The van der Waals surface area contributed by atoms with E-state index in [4.69, 9.17) is 14.0 Å². The van der Waals surface area contributed by atoms with Crippen LogP contribution in [0.5, 0.6) is 11.5 Å². The lowest BCUT2D eigenvalue weighted by Gasteiger charge is -2.08. The van der Waals surface area contributed by atoms with Crippen molar-refractivity contribution >= 4 is 0 Å². The van der Waals surface area contributed by atoms with Gasteiger partial charge < -0.3 is 14.0 Å². The molecule has 0 amide bonds. The first kappa shape index (κ1) is 13.4. The first-order valence-electron chi connectivity index (χ1n) is 6.29. The molecular weight excluding hydrogens is 244 g/mol. The highest BCUT2D eigenvalue weighted by atomic mass is 16.5.